The molecule has 0 aliphatic carbocycles. The fraction of sp³-hybridized carbons (Fsp3) is 0. The zero-order valence-corrected chi connectivity index (χ0v) is 8.56. The molecule has 1 aliphatic heterocycles. The number of nitrogens with two attached hydrogens (primary N) is 1. The monoisotopic (exact) mass is 238 g/mol. The third-order valence-electron chi connectivity index (χ3n) is 2.05. The molecule has 0 aromatic heterocycles. The van der Waals surface area contributed by atoms with Gasteiger partial charge in [0.25, 0.3) is 5.91 Å². The van der Waals surface area contributed by atoms with E-state index in [0.29, 0.717) is 4.90 Å². The van der Waals surface area contributed by atoms with Gasteiger partial charge in [0.15, 0.2) is 0 Å². The molecule has 1 radical (unpaired) electrons. The van der Waals surface area contributed by atoms with Crippen molar-refractivity contribution < 1.29 is 14.4 Å². The summed E-state index contributed by atoms with van der Waals surface area (Å²) in [7, 11) is 0. The smallest absolute Gasteiger partial charge is 0.351 e. The van der Waals surface area contributed by atoms with Gasteiger partial charge in [0.05, 0.1) is 16.3 Å². The van der Waals surface area contributed by atoms with Gasteiger partial charge in [-0.2, -0.15) is 5.32 Å². The van der Waals surface area contributed by atoms with Crippen molar-refractivity contribution in [1.82, 2.24) is 5.32 Å². The first-order chi connectivity index (χ1) is 7.52. The Morgan fingerprint density at radius 2 is 2.06 bits per heavy atom. The molecule has 0 bridgehead atoms. The summed E-state index contributed by atoms with van der Waals surface area (Å²) in [6, 6.07) is 2.31. The van der Waals surface area contributed by atoms with Gasteiger partial charge in [0, 0.05) is 0 Å². The van der Waals surface area contributed by atoms with Crippen LogP contribution in [0.4, 0.5) is 15.3 Å². The number of anilines is 1. The fourth-order valence-corrected chi connectivity index (χ4v) is 1.67. The molecule has 2 rings (SSSR count). The molecule has 0 saturated heterocycles. The molecule has 2 N–H and O–H groups in total. The first kappa shape index (κ1) is 10.4. The summed E-state index contributed by atoms with van der Waals surface area (Å²) in [4.78, 5) is 34.4. The lowest BCUT2D eigenvalue weighted by Gasteiger charge is -2.24. The maximum atomic E-state index is 11.4. The van der Waals surface area contributed by atoms with Crippen LogP contribution in [0.25, 0.3) is 0 Å². The molecular weight excluding hydrogens is 234 g/mol. The molecule has 1 aromatic carbocycles. The van der Waals surface area contributed by atoms with Crippen LogP contribution in [0.1, 0.15) is 10.4 Å². The second-order valence-electron chi connectivity index (χ2n) is 3.01. The molecule has 1 aliphatic rings. The van der Waals surface area contributed by atoms with E-state index in [9.17, 15) is 14.4 Å². The number of para-hydroxylation sites is 1. The Bertz CT molecular complexity index is 515. The van der Waals surface area contributed by atoms with Crippen molar-refractivity contribution >= 4 is 35.3 Å². The van der Waals surface area contributed by atoms with Gasteiger partial charge in [-0.15, -0.1) is 0 Å². The Morgan fingerprint density at radius 1 is 1.38 bits per heavy atom. The highest BCUT2D eigenvalue weighted by Gasteiger charge is 2.35. The van der Waals surface area contributed by atoms with Crippen molar-refractivity contribution in [1.29, 1.82) is 0 Å². The van der Waals surface area contributed by atoms with E-state index in [4.69, 9.17) is 17.3 Å². The Balaban J connectivity index is 2.70. The highest BCUT2D eigenvalue weighted by atomic mass is 35.5. The highest BCUT2D eigenvalue weighted by Crippen LogP contribution is 2.32. The van der Waals surface area contributed by atoms with E-state index in [1.54, 1.807) is 0 Å². The Hall–Kier alpha value is -2.08. The minimum Gasteiger partial charge on any atom is -0.351 e. The van der Waals surface area contributed by atoms with Crippen LogP contribution < -0.4 is 16.0 Å². The number of fused-ring (bicyclic) bond motifs is 1. The van der Waals surface area contributed by atoms with E-state index in [1.165, 1.54) is 18.2 Å². The maximum absolute atomic E-state index is 11.4. The topological polar surface area (TPSA) is 94.6 Å². The maximum Gasteiger partial charge on any atom is 0.359 e. The van der Waals surface area contributed by atoms with Crippen molar-refractivity contribution in [3.63, 3.8) is 0 Å². The molecule has 5 amide bonds. The Labute approximate surface area is 95.0 Å². The van der Waals surface area contributed by atoms with Crippen LogP contribution in [0, 0.1) is 0 Å². The summed E-state index contributed by atoms with van der Waals surface area (Å²) in [5, 5.41) is 3.25. The van der Waals surface area contributed by atoms with E-state index >= 15 is 0 Å². The molecule has 81 valence electrons. The average Bonchev–Trinajstić information content (AvgIpc) is 2.19. The first-order valence-electron chi connectivity index (χ1n) is 4.20. The number of rotatable bonds is 0. The molecule has 0 unspecified atom stereocenters. The lowest BCUT2D eigenvalue weighted by molar-refractivity contribution is 0.0958. The lowest BCUT2D eigenvalue weighted by atomic mass is 10.1. The number of amides is 5. The van der Waals surface area contributed by atoms with Crippen LogP contribution in [-0.2, 0) is 0 Å². The van der Waals surface area contributed by atoms with Gasteiger partial charge < -0.3 is 5.73 Å². The summed E-state index contributed by atoms with van der Waals surface area (Å²) in [5.74, 6) is -0.736. The minimum atomic E-state index is -1.03. The summed E-state index contributed by atoms with van der Waals surface area (Å²) < 4.78 is 0. The van der Waals surface area contributed by atoms with E-state index in [-0.39, 0.29) is 16.3 Å². The van der Waals surface area contributed by atoms with E-state index in [0.717, 1.165) is 0 Å². The van der Waals surface area contributed by atoms with Gasteiger partial charge >= 0.3 is 12.1 Å². The molecule has 0 fully saturated rings. The lowest BCUT2D eigenvalue weighted by Crippen LogP contribution is -2.49. The van der Waals surface area contributed by atoms with Crippen LogP contribution in [0.15, 0.2) is 18.2 Å². The van der Waals surface area contributed by atoms with Crippen molar-refractivity contribution in [3.8, 4) is 0 Å². The molecule has 16 heavy (non-hydrogen) atoms. The molecule has 0 atom stereocenters. The van der Waals surface area contributed by atoms with Crippen molar-refractivity contribution in [3.05, 3.63) is 28.8 Å². The zero-order valence-electron chi connectivity index (χ0n) is 7.81. The number of hydrogen-bond acceptors (Lipinski definition) is 3. The number of urea groups is 2. The summed E-state index contributed by atoms with van der Waals surface area (Å²) in [6.07, 6.45) is 0. The fourth-order valence-electron chi connectivity index (χ4n) is 1.41. The summed E-state index contributed by atoms with van der Waals surface area (Å²) in [6.45, 7) is 0. The molecule has 0 spiro atoms. The predicted octanol–water partition coefficient (Wildman–Crippen LogP) is 1.10. The number of carbonyl (C=O) groups is 3. The molecule has 1 heterocycles. The minimum absolute atomic E-state index is 0.0123. The largest absolute Gasteiger partial charge is 0.359 e. The molecule has 6 nitrogen and oxygen atoms in total. The third-order valence-corrected chi connectivity index (χ3v) is 2.35. The second kappa shape index (κ2) is 3.49. The molecule has 7 heteroatoms. The standard InChI is InChI=1S/C9H5ClN3O3/c10-5-3-1-2-4-6(5)13(8(11)15)9(16)12-7(4)14/h1-3H,(H2,11,15). The van der Waals surface area contributed by atoms with Gasteiger partial charge in [0.2, 0.25) is 0 Å². The first-order valence-corrected chi connectivity index (χ1v) is 4.58. The summed E-state index contributed by atoms with van der Waals surface area (Å²) >= 11 is 5.82. The highest BCUT2D eigenvalue weighted by molar-refractivity contribution is 6.38. The number of halogens is 1. The van der Waals surface area contributed by atoms with Crippen molar-refractivity contribution in [2.45, 2.75) is 0 Å². The van der Waals surface area contributed by atoms with Gasteiger partial charge in [-0.3, -0.25) is 4.79 Å². The van der Waals surface area contributed by atoms with Gasteiger partial charge in [-0.25, -0.2) is 14.5 Å². The molecule has 1 aromatic rings. The van der Waals surface area contributed by atoms with Crippen molar-refractivity contribution in [2.24, 2.45) is 5.73 Å². The van der Waals surface area contributed by atoms with Gasteiger partial charge in [-0.1, -0.05) is 17.7 Å². The van der Waals surface area contributed by atoms with E-state index < -0.39 is 18.0 Å². The van der Waals surface area contributed by atoms with Gasteiger partial charge in [0.1, 0.15) is 0 Å². The number of carbonyl (C=O) groups excluding carboxylic acids is 3. The second-order valence-corrected chi connectivity index (χ2v) is 3.42. The van der Waals surface area contributed by atoms with Crippen LogP contribution in [-0.4, -0.2) is 18.0 Å². The van der Waals surface area contributed by atoms with E-state index in [2.05, 4.69) is 5.32 Å². The normalized spacial score (nSPS) is 14.4. The van der Waals surface area contributed by atoms with Crippen LogP contribution in [0.3, 0.4) is 0 Å². The quantitative estimate of drug-likeness (QED) is 0.733. The molecular formula is C9H5ClN3O3. The number of hydrogen-bond donors (Lipinski definition) is 1. The van der Waals surface area contributed by atoms with E-state index in [1.807, 2.05) is 0 Å². The number of imide groups is 2. The SMILES string of the molecule is NC(=O)N1C(=O)[N]C(=O)c2cccc(Cl)c21. The molecule has 0 saturated carbocycles. The zero-order chi connectivity index (χ0) is 11.9. The number of nitrogens with zero attached hydrogens (tertiary/aromatic N) is 2. The number of benzene rings is 1. The van der Waals surface area contributed by atoms with Crippen molar-refractivity contribution in [2.75, 3.05) is 4.90 Å². The Kier molecular flexibility index (Phi) is 2.28. The average molecular weight is 239 g/mol. The van der Waals surface area contributed by atoms with Crippen LogP contribution >= 0.6 is 11.6 Å². The van der Waals surface area contributed by atoms with Crippen LogP contribution in [0.2, 0.25) is 5.02 Å². The van der Waals surface area contributed by atoms with Gasteiger partial charge in [-0.05, 0) is 12.1 Å². The third kappa shape index (κ3) is 1.40. The Morgan fingerprint density at radius 3 is 2.69 bits per heavy atom. The predicted molar refractivity (Wildman–Crippen MR) is 55.4 cm³/mol. The number of primary amides is 1. The summed E-state index contributed by atoms with van der Waals surface area (Å²) in [5.41, 5.74) is 5.09. The van der Waals surface area contributed by atoms with Crippen LogP contribution in [0.5, 0.6) is 0 Å².